The van der Waals surface area contributed by atoms with Gasteiger partial charge in [-0.2, -0.15) is 0 Å². The first-order valence-electron chi connectivity index (χ1n) is 5.83. The fourth-order valence-corrected chi connectivity index (χ4v) is 2.03. The average molecular weight is 222 g/mol. The van der Waals surface area contributed by atoms with E-state index in [1.54, 1.807) is 0 Å². The molecule has 0 bridgehead atoms. The largest absolute Gasteiger partial charge is 0.333 e. The number of amides is 1. The molecule has 1 aliphatic heterocycles. The lowest BCUT2D eigenvalue weighted by atomic mass is 10.2. The van der Waals surface area contributed by atoms with Crippen LogP contribution in [0.2, 0.25) is 0 Å². The van der Waals surface area contributed by atoms with Crippen molar-refractivity contribution >= 4 is 5.91 Å². The monoisotopic (exact) mass is 222 g/mol. The summed E-state index contributed by atoms with van der Waals surface area (Å²) in [5.41, 5.74) is 0. The number of hydrogen-bond donors (Lipinski definition) is 0. The summed E-state index contributed by atoms with van der Waals surface area (Å²) >= 11 is 0. The summed E-state index contributed by atoms with van der Waals surface area (Å²) < 4.78 is 2.13. The molecule has 5 nitrogen and oxygen atoms in total. The fraction of sp³-hybridized carbons (Fsp3) is 0.727. The lowest BCUT2D eigenvalue weighted by Gasteiger charge is -2.29. The topological polar surface area (TPSA) is 51.0 Å². The van der Waals surface area contributed by atoms with Gasteiger partial charge in [0.25, 0.3) is 0 Å². The van der Waals surface area contributed by atoms with Gasteiger partial charge in [-0.15, -0.1) is 10.2 Å². The summed E-state index contributed by atoms with van der Waals surface area (Å²) in [6.45, 7) is 8.13. The van der Waals surface area contributed by atoms with Crippen LogP contribution >= 0.6 is 0 Å². The molecule has 0 saturated heterocycles. The molecular formula is C11H18N4O. The van der Waals surface area contributed by atoms with Crippen molar-refractivity contribution in [1.82, 2.24) is 19.7 Å². The van der Waals surface area contributed by atoms with Crippen molar-refractivity contribution in [3.63, 3.8) is 0 Å². The van der Waals surface area contributed by atoms with Gasteiger partial charge in [-0.25, -0.2) is 0 Å². The van der Waals surface area contributed by atoms with Crippen molar-refractivity contribution in [1.29, 1.82) is 0 Å². The predicted octanol–water partition coefficient (Wildman–Crippen LogP) is 0.839. The molecule has 1 aromatic heterocycles. The minimum atomic E-state index is 0.0557. The van der Waals surface area contributed by atoms with Crippen LogP contribution < -0.4 is 0 Å². The molecule has 2 heterocycles. The highest BCUT2D eigenvalue weighted by molar-refractivity contribution is 5.78. The average Bonchev–Trinajstić information content (AvgIpc) is 2.69. The normalized spacial score (nSPS) is 15.4. The maximum Gasteiger partial charge on any atom is 0.225 e. The number of aromatic nitrogens is 3. The van der Waals surface area contributed by atoms with E-state index in [-0.39, 0.29) is 11.8 Å². The molecule has 88 valence electrons. The van der Waals surface area contributed by atoms with E-state index in [2.05, 4.69) is 21.7 Å². The third-order valence-corrected chi connectivity index (χ3v) is 2.95. The number of carbonyl (C=O) groups is 1. The number of hydrogen-bond acceptors (Lipinski definition) is 3. The highest BCUT2D eigenvalue weighted by atomic mass is 16.2. The Labute approximate surface area is 95.5 Å². The summed E-state index contributed by atoms with van der Waals surface area (Å²) in [6, 6.07) is 0. The molecule has 1 aliphatic rings. The summed E-state index contributed by atoms with van der Waals surface area (Å²) in [6.07, 6.45) is 0.894. The Balaban J connectivity index is 2.15. The fourth-order valence-electron chi connectivity index (χ4n) is 2.03. The Morgan fingerprint density at radius 2 is 2.12 bits per heavy atom. The van der Waals surface area contributed by atoms with Crippen molar-refractivity contribution in [2.75, 3.05) is 6.54 Å². The van der Waals surface area contributed by atoms with Crippen LogP contribution in [0.4, 0.5) is 0 Å². The molecule has 16 heavy (non-hydrogen) atoms. The van der Waals surface area contributed by atoms with Gasteiger partial charge >= 0.3 is 0 Å². The zero-order valence-electron chi connectivity index (χ0n) is 10.1. The van der Waals surface area contributed by atoms with Gasteiger partial charge in [0.05, 0.1) is 6.54 Å². The van der Waals surface area contributed by atoms with Crippen molar-refractivity contribution in [3.8, 4) is 0 Å². The molecule has 1 aromatic rings. The molecule has 1 amide bonds. The Bertz CT molecular complexity index is 397. The van der Waals surface area contributed by atoms with Crippen LogP contribution in [-0.2, 0) is 24.3 Å². The van der Waals surface area contributed by atoms with E-state index in [1.165, 1.54) is 0 Å². The van der Waals surface area contributed by atoms with Crippen LogP contribution in [0.15, 0.2) is 0 Å². The van der Waals surface area contributed by atoms with Crippen LogP contribution in [-0.4, -0.2) is 32.1 Å². The molecule has 0 N–H and O–H groups in total. The second-order valence-corrected chi connectivity index (χ2v) is 4.45. The van der Waals surface area contributed by atoms with E-state index >= 15 is 0 Å². The van der Waals surface area contributed by atoms with E-state index < -0.39 is 0 Å². The molecule has 0 spiro atoms. The van der Waals surface area contributed by atoms with Gasteiger partial charge in [0, 0.05) is 25.4 Å². The van der Waals surface area contributed by atoms with E-state index in [0.717, 1.165) is 31.2 Å². The highest BCUT2D eigenvalue weighted by Gasteiger charge is 2.24. The van der Waals surface area contributed by atoms with E-state index in [0.29, 0.717) is 6.54 Å². The number of rotatable bonds is 2. The molecule has 0 aromatic carbocycles. The van der Waals surface area contributed by atoms with E-state index in [1.807, 2.05) is 18.7 Å². The smallest absolute Gasteiger partial charge is 0.225 e. The zero-order valence-corrected chi connectivity index (χ0v) is 10.1. The quantitative estimate of drug-likeness (QED) is 0.745. The number of carbonyl (C=O) groups excluding carboxylic acids is 1. The third-order valence-electron chi connectivity index (χ3n) is 2.95. The van der Waals surface area contributed by atoms with Crippen molar-refractivity contribution in [2.24, 2.45) is 5.92 Å². The number of fused-ring (bicyclic) bond motifs is 1. The van der Waals surface area contributed by atoms with Gasteiger partial charge in [-0.1, -0.05) is 20.8 Å². The second kappa shape index (κ2) is 4.23. The molecule has 0 unspecified atom stereocenters. The van der Waals surface area contributed by atoms with Gasteiger partial charge in [0.1, 0.15) is 5.82 Å². The molecule has 0 aliphatic carbocycles. The molecule has 0 fully saturated rings. The van der Waals surface area contributed by atoms with Gasteiger partial charge < -0.3 is 9.47 Å². The Hall–Kier alpha value is -1.39. The van der Waals surface area contributed by atoms with Crippen LogP contribution in [0.25, 0.3) is 0 Å². The Morgan fingerprint density at radius 1 is 1.38 bits per heavy atom. The molecular weight excluding hydrogens is 204 g/mol. The van der Waals surface area contributed by atoms with Gasteiger partial charge in [0.15, 0.2) is 5.82 Å². The first-order valence-corrected chi connectivity index (χ1v) is 5.83. The molecule has 5 heteroatoms. The van der Waals surface area contributed by atoms with Crippen LogP contribution in [0.3, 0.4) is 0 Å². The maximum atomic E-state index is 11.9. The first-order chi connectivity index (χ1) is 7.63. The minimum absolute atomic E-state index is 0.0557. The van der Waals surface area contributed by atoms with E-state index in [4.69, 9.17) is 0 Å². The summed E-state index contributed by atoms with van der Waals surface area (Å²) in [5, 5.41) is 8.27. The van der Waals surface area contributed by atoms with Crippen molar-refractivity contribution in [2.45, 2.75) is 40.3 Å². The minimum Gasteiger partial charge on any atom is -0.333 e. The Morgan fingerprint density at radius 3 is 2.75 bits per heavy atom. The van der Waals surface area contributed by atoms with Gasteiger partial charge in [-0.05, 0) is 0 Å². The van der Waals surface area contributed by atoms with Crippen molar-refractivity contribution in [3.05, 3.63) is 11.6 Å². The number of aryl methyl sites for hydroxylation is 1. The standard InChI is InChI=1S/C11H18N4O/c1-4-9-12-13-10-7-14(5-6-15(9)10)11(16)8(2)3/h8H,4-7H2,1-3H3. The molecule has 2 rings (SSSR count). The van der Waals surface area contributed by atoms with Crippen LogP contribution in [0.1, 0.15) is 32.4 Å². The highest BCUT2D eigenvalue weighted by Crippen LogP contribution is 2.14. The van der Waals surface area contributed by atoms with Crippen LogP contribution in [0.5, 0.6) is 0 Å². The van der Waals surface area contributed by atoms with Crippen molar-refractivity contribution < 1.29 is 4.79 Å². The zero-order chi connectivity index (χ0) is 11.7. The lowest BCUT2D eigenvalue weighted by Crippen LogP contribution is -2.40. The van der Waals surface area contributed by atoms with Crippen LogP contribution in [0, 0.1) is 5.92 Å². The summed E-state index contributed by atoms with van der Waals surface area (Å²) in [7, 11) is 0. The third kappa shape index (κ3) is 1.81. The second-order valence-electron chi connectivity index (χ2n) is 4.45. The van der Waals surface area contributed by atoms with E-state index in [9.17, 15) is 4.79 Å². The predicted molar refractivity (Wildman–Crippen MR) is 59.7 cm³/mol. The number of nitrogens with zero attached hydrogens (tertiary/aromatic N) is 4. The Kier molecular flexibility index (Phi) is 2.94. The summed E-state index contributed by atoms with van der Waals surface area (Å²) in [4.78, 5) is 13.7. The van der Waals surface area contributed by atoms with Gasteiger partial charge in [-0.3, -0.25) is 4.79 Å². The molecule has 0 radical (unpaired) electrons. The van der Waals surface area contributed by atoms with Gasteiger partial charge in [0.2, 0.25) is 5.91 Å². The first kappa shape index (κ1) is 11.1. The summed E-state index contributed by atoms with van der Waals surface area (Å²) in [5.74, 6) is 2.19. The SMILES string of the molecule is CCc1nnc2n1CCN(C(=O)C(C)C)C2. The maximum absolute atomic E-state index is 11.9. The lowest BCUT2D eigenvalue weighted by molar-refractivity contribution is -0.136. The molecule has 0 saturated carbocycles. The molecule has 0 atom stereocenters.